The van der Waals surface area contributed by atoms with E-state index in [9.17, 15) is 22.4 Å². The van der Waals surface area contributed by atoms with Crippen LogP contribution in [0.3, 0.4) is 0 Å². The number of halogens is 1. The van der Waals surface area contributed by atoms with E-state index < -0.39 is 32.7 Å². The molecule has 3 aromatic rings. The van der Waals surface area contributed by atoms with Gasteiger partial charge in [0.15, 0.2) is 0 Å². The Balaban J connectivity index is 1.81. The van der Waals surface area contributed by atoms with Gasteiger partial charge in [-0.1, -0.05) is 12.1 Å². The molecule has 0 radical (unpaired) electrons. The average Bonchev–Trinajstić information content (AvgIpc) is 3.20. The molecule has 12 heteroatoms. The van der Waals surface area contributed by atoms with Crippen LogP contribution in [0.4, 0.5) is 4.39 Å². The number of carbonyl (C=O) groups excluding carboxylic acids is 1. The maximum absolute atomic E-state index is 14.0. The third kappa shape index (κ3) is 5.50. The molecular weight excluding hydrogens is 463 g/mol. The molecule has 0 aliphatic carbocycles. The van der Waals surface area contributed by atoms with Gasteiger partial charge in [0, 0.05) is 7.05 Å². The number of likely N-dealkylation sites (N-methyl/N-ethyl adjacent to an activating group) is 1. The van der Waals surface area contributed by atoms with E-state index in [-0.39, 0.29) is 24.3 Å². The minimum atomic E-state index is -4.25. The Hall–Kier alpha value is -2.28. The van der Waals surface area contributed by atoms with Crippen LogP contribution in [0.1, 0.15) is 12.2 Å². The number of nitrogens with zero attached hydrogens (tertiary/aromatic N) is 2. The molecule has 0 spiro atoms. The van der Waals surface area contributed by atoms with Gasteiger partial charge in [-0.15, -0.1) is 11.3 Å². The van der Waals surface area contributed by atoms with Crippen molar-refractivity contribution in [2.24, 2.45) is 0 Å². The minimum absolute atomic E-state index is 0.0168. The number of hydrogen-bond acceptors (Lipinski definition) is 7. The van der Waals surface area contributed by atoms with E-state index in [2.05, 4.69) is 14.7 Å². The fourth-order valence-electron chi connectivity index (χ4n) is 2.95. The van der Waals surface area contributed by atoms with Crippen molar-refractivity contribution in [3.05, 3.63) is 57.7 Å². The Labute approximate surface area is 186 Å². The molecule has 0 saturated carbocycles. The van der Waals surface area contributed by atoms with Crippen molar-refractivity contribution in [2.75, 3.05) is 19.1 Å². The van der Waals surface area contributed by atoms with E-state index in [1.165, 1.54) is 47.2 Å². The summed E-state index contributed by atoms with van der Waals surface area (Å²) in [6.07, 6.45) is 2.05. The number of benzene rings is 1. The van der Waals surface area contributed by atoms with E-state index in [4.69, 9.17) is 0 Å². The molecular formula is C19H21FN4O4S3. The summed E-state index contributed by atoms with van der Waals surface area (Å²) in [6.45, 7) is -0.0168. The topological polar surface area (TPSA) is 112 Å². The minimum Gasteiger partial charge on any atom is -0.337 e. The number of hydrogen-bond donors (Lipinski definition) is 2. The lowest BCUT2D eigenvalue weighted by molar-refractivity contribution is -0.132. The summed E-state index contributed by atoms with van der Waals surface area (Å²) in [5.74, 6) is -0.611. The SMILES string of the molecule is CSCC[C@@H](NS(=O)(=O)c1ccccc1F)C(=O)N(C)Cc1nc2ccsc2c(=O)[nH]1. The first kappa shape index (κ1) is 23.4. The highest BCUT2D eigenvalue weighted by molar-refractivity contribution is 7.98. The highest BCUT2D eigenvalue weighted by atomic mass is 32.2. The first-order valence-corrected chi connectivity index (χ1v) is 13.0. The summed E-state index contributed by atoms with van der Waals surface area (Å²) in [5.41, 5.74) is 0.235. The predicted molar refractivity (Wildman–Crippen MR) is 120 cm³/mol. The number of aromatic amines is 1. The maximum atomic E-state index is 14.0. The molecule has 0 aliphatic heterocycles. The number of carbonyl (C=O) groups is 1. The van der Waals surface area contributed by atoms with Crippen LogP contribution in [0.25, 0.3) is 10.2 Å². The summed E-state index contributed by atoms with van der Waals surface area (Å²) >= 11 is 2.72. The first-order valence-electron chi connectivity index (χ1n) is 9.20. The summed E-state index contributed by atoms with van der Waals surface area (Å²) in [7, 11) is -2.76. The quantitative estimate of drug-likeness (QED) is 0.482. The largest absolute Gasteiger partial charge is 0.337 e. The third-order valence-corrected chi connectivity index (χ3v) is 7.51. The molecule has 0 saturated heterocycles. The van der Waals surface area contributed by atoms with Crippen LogP contribution in [0.15, 0.2) is 45.4 Å². The van der Waals surface area contributed by atoms with Gasteiger partial charge in [-0.05, 0) is 42.0 Å². The van der Waals surface area contributed by atoms with Crippen molar-refractivity contribution in [3.8, 4) is 0 Å². The van der Waals surface area contributed by atoms with Gasteiger partial charge in [0.2, 0.25) is 15.9 Å². The van der Waals surface area contributed by atoms with Gasteiger partial charge in [0.25, 0.3) is 5.56 Å². The average molecular weight is 485 g/mol. The second-order valence-electron chi connectivity index (χ2n) is 6.73. The number of nitrogens with one attached hydrogen (secondary N) is 2. The molecule has 0 unspecified atom stereocenters. The van der Waals surface area contributed by atoms with Crippen molar-refractivity contribution >= 4 is 49.2 Å². The Bertz CT molecular complexity index is 1240. The van der Waals surface area contributed by atoms with Gasteiger partial charge < -0.3 is 9.88 Å². The van der Waals surface area contributed by atoms with E-state index >= 15 is 0 Å². The Morgan fingerprint density at radius 2 is 2.10 bits per heavy atom. The van der Waals surface area contributed by atoms with Crippen molar-refractivity contribution in [3.63, 3.8) is 0 Å². The summed E-state index contributed by atoms with van der Waals surface area (Å²) in [5, 5.41) is 1.75. The smallest absolute Gasteiger partial charge is 0.268 e. The van der Waals surface area contributed by atoms with Crippen LogP contribution in [0, 0.1) is 5.82 Å². The van der Waals surface area contributed by atoms with Gasteiger partial charge in [-0.25, -0.2) is 17.8 Å². The van der Waals surface area contributed by atoms with E-state index in [1.807, 2.05) is 6.26 Å². The highest BCUT2D eigenvalue weighted by Crippen LogP contribution is 2.17. The zero-order chi connectivity index (χ0) is 22.6. The second-order valence-corrected chi connectivity index (χ2v) is 10.3. The van der Waals surface area contributed by atoms with E-state index in [0.29, 0.717) is 16.0 Å². The molecule has 2 heterocycles. The molecule has 1 atom stereocenters. The Morgan fingerprint density at radius 1 is 1.35 bits per heavy atom. The number of H-pyrrole nitrogens is 1. The second kappa shape index (κ2) is 9.90. The van der Waals surface area contributed by atoms with Crippen LogP contribution >= 0.6 is 23.1 Å². The molecule has 8 nitrogen and oxygen atoms in total. The lowest BCUT2D eigenvalue weighted by Crippen LogP contribution is -2.47. The number of amides is 1. The maximum Gasteiger partial charge on any atom is 0.268 e. The van der Waals surface area contributed by atoms with Crippen molar-refractivity contribution < 1.29 is 17.6 Å². The van der Waals surface area contributed by atoms with Gasteiger partial charge in [-0.2, -0.15) is 16.5 Å². The zero-order valence-electron chi connectivity index (χ0n) is 16.8. The number of fused-ring (bicyclic) bond motifs is 1. The molecule has 166 valence electrons. The van der Waals surface area contributed by atoms with Gasteiger partial charge in [-0.3, -0.25) is 9.59 Å². The summed E-state index contributed by atoms with van der Waals surface area (Å²) in [6, 6.07) is 5.59. The van der Waals surface area contributed by atoms with Crippen molar-refractivity contribution in [2.45, 2.75) is 23.9 Å². The normalized spacial score (nSPS) is 12.7. The third-order valence-electron chi connectivity index (χ3n) is 4.46. The standard InChI is InChI=1S/C19H21FN4O4S3/c1-24(11-16-21-13-8-10-30-17(13)18(25)22-16)19(26)14(7-9-29-2)23-31(27,28)15-6-4-3-5-12(15)20/h3-6,8,10,14,23H,7,9,11H2,1-2H3,(H,21,22,25)/t14-/m1/s1. The Kier molecular flexibility index (Phi) is 7.46. The molecule has 1 amide bonds. The molecule has 0 aliphatic rings. The molecule has 31 heavy (non-hydrogen) atoms. The van der Waals surface area contributed by atoms with E-state index in [1.54, 1.807) is 11.4 Å². The highest BCUT2D eigenvalue weighted by Gasteiger charge is 2.29. The number of rotatable bonds is 9. The monoisotopic (exact) mass is 484 g/mol. The van der Waals surface area contributed by atoms with Crippen LogP contribution in [0.2, 0.25) is 0 Å². The van der Waals surface area contributed by atoms with Crippen LogP contribution in [-0.4, -0.2) is 54.3 Å². The first-order chi connectivity index (χ1) is 14.7. The Morgan fingerprint density at radius 3 is 2.81 bits per heavy atom. The lowest BCUT2D eigenvalue weighted by Gasteiger charge is -2.24. The zero-order valence-corrected chi connectivity index (χ0v) is 19.2. The van der Waals surface area contributed by atoms with Gasteiger partial charge in [0.1, 0.15) is 27.3 Å². The molecule has 0 bridgehead atoms. The van der Waals surface area contributed by atoms with Gasteiger partial charge >= 0.3 is 0 Å². The van der Waals surface area contributed by atoms with Gasteiger partial charge in [0.05, 0.1) is 12.1 Å². The van der Waals surface area contributed by atoms with Crippen LogP contribution in [-0.2, 0) is 21.4 Å². The van der Waals surface area contributed by atoms with Crippen molar-refractivity contribution in [1.82, 2.24) is 19.6 Å². The lowest BCUT2D eigenvalue weighted by atomic mass is 10.2. The van der Waals surface area contributed by atoms with Crippen LogP contribution < -0.4 is 10.3 Å². The molecule has 2 aromatic heterocycles. The van der Waals surface area contributed by atoms with E-state index in [0.717, 1.165) is 12.1 Å². The predicted octanol–water partition coefficient (Wildman–Crippen LogP) is 2.18. The number of thioether (sulfide) groups is 1. The fourth-order valence-corrected chi connectivity index (χ4v) is 5.45. The number of aromatic nitrogens is 2. The number of sulfonamides is 1. The fraction of sp³-hybridized carbons (Fsp3) is 0.316. The molecule has 1 aromatic carbocycles. The molecule has 0 fully saturated rings. The van der Waals surface area contributed by atoms with Crippen LogP contribution in [0.5, 0.6) is 0 Å². The summed E-state index contributed by atoms with van der Waals surface area (Å²) < 4.78 is 42.2. The molecule has 3 rings (SSSR count). The molecule has 2 N–H and O–H groups in total. The number of thiophene rings is 1. The van der Waals surface area contributed by atoms with Crippen molar-refractivity contribution in [1.29, 1.82) is 0 Å². The summed E-state index contributed by atoms with van der Waals surface area (Å²) in [4.78, 5) is 32.9.